The van der Waals surface area contributed by atoms with Crippen LogP contribution in [-0.4, -0.2) is 28.2 Å². The predicted octanol–water partition coefficient (Wildman–Crippen LogP) is 3.63. The zero-order chi connectivity index (χ0) is 20.6. The minimum atomic E-state index is -0.824. The Morgan fingerprint density at radius 2 is 1.66 bits per heavy atom. The maximum atomic E-state index is 12.5. The Hall–Kier alpha value is -3.68. The van der Waals surface area contributed by atoms with Crippen LogP contribution in [0.4, 0.5) is 10.5 Å². The number of aromatic nitrogens is 2. The third-order valence-electron chi connectivity index (χ3n) is 4.06. The van der Waals surface area contributed by atoms with Crippen LogP contribution in [0.1, 0.15) is 19.7 Å². The maximum Gasteiger partial charge on any atom is 0.329 e. The number of para-hydroxylation sites is 1. The summed E-state index contributed by atoms with van der Waals surface area (Å²) in [5.41, 5.74) is 1.40. The van der Waals surface area contributed by atoms with Crippen molar-refractivity contribution in [3.8, 4) is 11.5 Å². The van der Waals surface area contributed by atoms with Crippen molar-refractivity contribution in [2.45, 2.75) is 26.5 Å². The van der Waals surface area contributed by atoms with Crippen molar-refractivity contribution >= 4 is 17.7 Å². The first-order valence-electron chi connectivity index (χ1n) is 9.20. The first kappa shape index (κ1) is 20.1. The summed E-state index contributed by atoms with van der Waals surface area (Å²) in [4.78, 5) is 24.7. The fraction of sp³-hybridized carbons (Fsp3) is 0.238. The van der Waals surface area contributed by atoms with Crippen molar-refractivity contribution in [2.75, 3.05) is 5.32 Å². The number of esters is 1. The van der Waals surface area contributed by atoms with Gasteiger partial charge in [0.25, 0.3) is 5.89 Å². The van der Waals surface area contributed by atoms with Gasteiger partial charge in [0.1, 0.15) is 6.04 Å². The number of nitrogens with zero attached hydrogens (tertiary/aromatic N) is 2. The zero-order valence-electron chi connectivity index (χ0n) is 16.2. The van der Waals surface area contributed by atoms with Gasteiger partial charge < -0.3 is 19.8 Å². The molecule has 3 rings (SSSR count). The fourth-order valence-corrected chi connectivity index (χ4v) is 2.56. The molecule has 8 nitrogen and oxygen atoms in total. The first-order valence-corrected chi connectivity index (χ1v) is 9.20. The third-order valence-corrected chi connectivity index (χ3v) is 4.06. The van der Waals surface area contributed by atoms with Gasteiger partial charge in [-0.1, -0.05) is 50.2 Å². The predicted molar refractivity (Wildman–Crippen MR) is 107 cm³/mol. The third kappa shape index (κ3) is 5.65. The topological polar surface area (TPSA) is 106 Å². The number of anilines is 1. The highest BCUT2D eigenvalue weighted by Gasteiger charge is 2.26. The summed E-state index contributed by atoms with van der Waals surface area (Å²) in [6.45, 7) is 3.45. The Bertz CT molecular complexity index is 942. The van der Waals surface area contributed by atoms with Crippen LogP contribution in [0.3, 0.4) is 0 Å². The Kier molecular flexibility index (Phi) is 6.57. The number of urea groups is 1. The molecule has 2 amide bonds. The van der Waals surface area contributed by atoms with E-state index in [1.165, 1.54) is 0 Å². The molecule has 3 aromatic rings. The highest BCUT2D eigenvalue weighted by atomic mass is 16.5. The van der Waals surface area contributed by atoms with Crippen LogP contribution in [0.5, 0.6) is 0 Å². The van der Waals surface area contributed by atoms with Crippen LogP contribution in [0.15, 0.2) is 65.1 Å². The molecule has 0 bridgehead atoms. The molecule has 8 heteroatoms. The average Bonchev–Trinajstić information content (AvgIpc) is 3.20. The molecule has 0 aliphatic carbocycles. The van der Waals surface area contributed by atoms with Gasteiger partial charge in [-0.3, -0.25) is 0 Å². The largest absolute Gasteiger partial charge is 0.454 e. The lowest BCUT2D eigenvalue weighted by molar-refractivity contribution is -0.149. The molecule has 2 N–H and O–H groups in total. The van der Waals surface area contributed by atoms with Gasteiger partial charge in [-0.25, -0.2) is 9.59 Å². The highest BCUT2D eigenvalue weighted by molar-refractivity contribution is 5.92. The van der Waals surface area contributed by atoms with E-state index < -0.39 is 18.0 Å². The number of benzene rings is 2. The van der Waals surface area contributed by atoms with E-state index in [1.54, 1.807) is 24.3 Å². The van der Waals surface area contributed by atoms with Crippen molar-refractivity contribution < 1.29 is 18.7 Å². The van der Waals surface area contributed by atoms with Crippen LogP contribution in [0.2, 0.25) is 0 Å². The van der Waals surface area contributed by atoms with Gasteiger partial charge in [0.2, 0.25) is 5.89 Å². The molecule has 29 heavy (non-hydrogen) atoms. The smallest absolute Gasteiger partial charge is 0.329 e. The zero-order valence-corrected chi connectivity index (χ0v) is 16.2. The normalized spacial score (nSPS) is 11.7. The summed E-state index contributed by atoms with van der Waals surface area (Å²) in [5.74, 6) is -0.236. The second kappa shape index (κ2) is 9.50. The second-order valence-corrected chi connectivity index (χ2v) is 6.66. The summed E-state index contributed by atoms with van der Waals surface area (Å²) in [7, 11) is 0. The fourth-order valence-electron chi connectivity index (χ4n) is 2.56. The maximum absolute atomic E-state index is 12.5. The van der Waals surface area contributed by atoms with E-state index in [9.17, 15) is 9.59 Å². The molecular formula is C21H22N4O4. The van der Waals surface area contributed by atoms with E-state index in [2.05, 4.69) is 20.8 Å². The Morgan fingerprint density at radius 3 is 2.31 bits per heavy atom. The molecular weight excluding hydrogens is 372 g/mol. The van der Waals surface area contributed by atoms with E-state index in [1.807, 2.05) is 50.2 Å². The molecule has 2 aromatic carbocycles. The van der Waals surface area contributed by atoms with Gasteiger partial charge >= 0.3 is 12.0 Å². The molecule has 0 saturated carbocycles. The molecule has 0 aliphatic heterocycles. The number of amides is 2. The van der Waals surface area contributed by atoms with Crippen molar-refractivity contribution in [1.29, 1.82) is 0 Å². The summed E-state index contributed by atoms with van der Waals surface area (Å²) in [6, 6.07) is 16.9. The number of hydrogen-bond acceptors (Lipinski definition) is 6. The van der Waals surface area contributed by atoms with E-state index in [-0.39, 0.29) is 18.4 Å². The monoisotopic (exact) mass is 394 g/mol. The Morgan fingerprint density at radius 1 is 1.00 bits per heavy atom. The van der Waals surface area contributed by atoms with E-state index >= 15 is 0 Å². The molecule has 0 unspecified atom stereocenters. The van der Waals surface area contributed by atoms with Gasteiger partial charge in [-0.2, -0.15) is 0 Å². The minimum absolute atomic E-state index is 0.174. The van der Waals surface area contributed by atoms with Gasteiger partial charge in [0.05, 0.1) is 0 Å². The Labute approximate surface area is 168 Å². The number of nitrogens with one attached hydrogen (secondary N) is 2. The molecule has 0 spiro atoms. The standard InChI is InChI=1S/C21H22N4O4/c1-14(2)18(23-21(27)22-16-11-7-4-8-12-16)20(26)28-13-17-24-25-19(29-17)15-9-5-3-6-10-15/h3-12,14,18H,13H2,1-2H3,(H2,22,23,27)/t18-/m0/s1. The van der Waals surface area contributed by atoms with Crippen LogP contribution >= 0.6 is 0 Å². The molecule has 0 saturated heterocycles. The molecule has 150 valence electrons. The highest BCUT2D eigenvalue weighted by Crippen LogP contribution is 2.17. The summed E-state index contributed by atoms with van der Waals surface area (Å²) in [5, 5.41) is 13.2. The quantitative estimate of drug-likeness (QED) is 0.593. The van der Waals surface area contributed by atoms with Gasteiger partial charge in [-0.05, 0) is 30.2 Å². The van der Waals surface area contributed by atoms with Crippen LogP contribution in [0.25, 0.3) is 11.5 Å². The molecule has 1 atom stereocenters. The SMILES string of the molecule is CC(C)[C@H](NC(=O)Nc1ccccc1)C(=O)OCc1nnc(-c2ccccc2)o1. The average molecular weight is 394 g/mol. The lowest BCUT2D eigenvalue weighted by Crippen LogP contribution is -2.47. The lowest BCUT2D eigenvalue weighted by Gasteiger charge is -2.20. The van der Waals surface area contributed by atoms with Gasteiger partial charge in [-0.15, -0.1) is 10.2 Å². The van der Waals surface area contributed by atoms with E-state index in [0.29, 0.717) is 11.6 Å². The van der Waals surface area contributed by atoms with Gasteiger partial charge in [0.15, 0.2) is 6.61 Å². The van der Waals surface area contributed by atoms with Crippen molar-refractivity contribution in [1.82, 2.24) is 15.5 Å². The molecule has 0 aliphatic rings. The van der Waals surface area contributed by atoms with Gasteiger partial charge in [0, 0.05) is 11.3 Å². The number of carbonyl (C=O) groups excluding carboxylic acids is 2. The molecule has 1 aromatic heterocycles. The van der Waals surface area contributed by atoms with Crippen molar-refractivity contribution in [2.24, 2.45) is 5.92 Å². The molecule has 1 heterocycles. The number of rotatable bonds is 7. The summed E-state index contributed by atoms with van der Waals surface area (Å²) >= 11 is 0. The lowest BCUT2D eigenvalue weighted by atomic mass is 10.1. The number of hydrogen-bond donors (Lipinski definition) is 2. The number of carbonyl (C=O) groups is 2. The van der Waals surface area contributed by atoms with Crippen molar-refractivity contribution in [3.63, 3.8) is 0 Å². The van der Waals surface area contributed by atoms with Crippen molar-refractivity contribution in [3.05, 3.63) is 66.6 Å². The van der Waals surface area contributed by atoms with Crippen LogP contribution in [0, 0.1) is 5.92 Å². The van der Waals surface area contributed by atoms with E-state index in [0.717, 1.165) is 5.56 Å². The van der Waals surface area contributed by atoms with Crippen LogP contribution < -0.4 is 10.6 Å². The molecule has 0 radical (unpaired) electrons. The van der Waals surface area contributed by atoms with Crippen LogP contribution in [-0.2, 0) is 16.1 Å². The first-order chi connectivity index (χ1) is 14.0. The molecule has 0 fully saturated rings. The minimum Gasteiger partial charge on any atom is -0.454 e. The summed E-state index contributed by atoms with van der Waals surface area (Å²) in [6.07, 6.45) is 0. The summed E-state index contributed by atoms with van der Waals surface area (Å²) < 4.78 is 10.8. The number of ether oxygens (including phenoxy) is 1. The second-order valence-electron chi connectivity index (χ2n) is 6.66. The Balaban J connectivity index is 1.56. The van der Waals surface area contributed by atoms with E-state index in [4.69, 9.17) is 9.15 Å².